The molecule has 1 unspecified atom stereocenters. The summed E-state index contributed by atoms with van der Waals surface area (Å²) in [6.07, 6.45) is 0. The van der Waals surface area contributed by atoms with Gasteiger partial charge in [0.15, 0.2) is 0 Å². The molecule has 49 heavy (non-hydrogen) atoms. The second-order valence-electron chi connectivity index (χ2n) is 13.7. The lowest BCUT2D eigenvalue weighted by atomic mass is 9.81. The number of rotatable bonds is 4. The summed E-state index contributed by atoms with van der Waals surface area (Å²) in [4.78, 5) is 6.41. The van der Waals surface area contributed by atoms with Crippen LogP contribution < -0.4 is 24.0 Å². The molecule has 0 aliphatic carbocycles. The topological polar surface area (TPSA) is 63.7 Å². The van der Waals surface area contributed by atoms with Gasteiger partial charge in [0.05, 0.1) is 5.30 Å². The molecule has 8 nitrogen and oxygen atoms in total. The maximum Gasteiger partial charge on any atom is 0.296 e. The molecular formula is C40H38N3O5P. The van der Waals surface area contributed by atoms with Gasteiger partial charge in [-0.15, -0.1) is 0 Å². The Morgan fingerprint density at radius 2 is 0.959 bits per heavy atom. The lowest BCUT2D eigenvalue weighted by molar-refractivity contribution is 0.121. The van der Waals surface area contributed by atoms with Crippen molar-refractivity contribution >= 4 is 12.7 Å². The minimum atomic E-state index is -3.96. The monoisotopic (exact) mass is 671 g/mol. The fourth-order valence-corrected chi connectivity index (χ4v) is 11.2. The number of nitrogens with zero attached hydrogens (tertiary/aromatic N) is 3. The van der Waals surface area contributed by atoms with Crippen LogP contribution in [-0.2, 0) is 29.4 Å². The zero-order chi connectivity index (χ0) is 33.3. The van der Waals surface area contributed by atoms with Crippen LogP contribution in [0.4, 0.5) is 0 Å². The van der Waals surface area contributed by atoms with Crippen molar-refractivity contribution in [3.8, 4) is 34.1 Å². The van der Waals surface area contributed by atoms with Crippen LogP contribution in [0, 0.1) is 0 Å². The quantitative estimate of drug-likeness (QED) is 0.150. The van der Waals surface area contributed by atoms with Gasteiger partial charge in [-0.2, -0.15) is 0 Å². The summed E-state index contributed by atoms with van der Waals surface area (Å²) in [6.45, 7) is 3.65. The molecule has 0 bridgehead atoms. The molecular weight excluding hydrogens is 633 g/mol. The Labute approximate surface area is 286 Å². The van der Waals surface area contributed by atoms with Gasteiger partial charge in [-0.05, 0) is 91.9 Å². The maximum atomic E-state index is 17.0. The third kappa shape index (κ3) is 4.73. The van der Waals surface area contributed by atoms with Crippen molar-refractivity contribution in [2.45, 2.75) is 24.8 Å². The highest BCUT2D eigenvalue weighted by Gasteiger charge is 2.58. The van der Waals surface area contributed by atoms with Crippen LogP contribution >= 0.6 is 7.37 Å². The Morgan fingerprint density at radius 1 is 0.531 bits per heavy atom. The van der Waals surface area contributed by atoms with E-state index in [1.807, 2.05) is 81.8 Å². The van der Waals surface area contributed by atoms with Gasteiger partial charge >= 0.3 is 0 Å². The summed E-state index contributed by atoms with van der Waals surface area (Å²) in [5.41, 5.74) is 7.58. The summed E-state index contributed by atoms with van der Waals surface area (Å²) in [6, 6.07) is 34.9. The summed E-state index contributed by atoms with van der Waals surface area (Å²) in [7, 11) is 2.17. The Morgan fingerprint density at radius 3 is 1.45 bits per heavy atom. The van der Waals surface area contributed by atoms with Crippen LogP contribution in [0.2, 0.25) is 0 Å². The first kappa shape index (κ1) is 30.5. The molecule has 248 valence electrons. The van der Waals surface area contributed by atoms with Crippen LogP contribution in [-0.4, -0.2) is 56.0 Å². The van der Waals surface area contributed by atoms with Gasteiger partial charge in [-0.3, -0.25) is 19.3 Å². The van der Waals surface area contributed by atoms with E-state index in [0.29, 0.717) is 50.9 Å². The highest BCUT2D eigenvalue weighted by Crippen LogP contribution is 2.72. The smallest absolute Gasteiger partial charge is 0.296 e. The van der Waals surface area contributed by atoms with Crippen LogP contribution in [0.1, 0.15) is 33.4 Å². The Kier molecular flexibility index (Phi) is 7.15. The van der Waals surface area contributed by atoms with Crippen LogP contribution in [0.25, 0.3) is 11.1 Å². The van der Waals surface area contributed by atoms with Gasteiger partial charge in [-0.1, -0.05) is 54.6 Å². The maximum absolute atomic E-state index is 17.0. The van der Waals surface area contributed by atoms with Gasteiger partial charge < -0.3 is 18.7 Å². The number of benzene rings is 5. The van der Waals surface area contributed by atoms with Crippen molar-refractivity contribution < 1.29 is 23.3 Å². The van der Waals surface area contributed by atoms with E-state index in [-0.39, 0.29) is 0 Å². The van der Waals surface area contributed by atoms with E-state index in [4.69, 9.17) is 18.7 Å². The first-order chi connectivity index (χ1) is 23.8. The van der Waals surface area contributed by atoms with Crippen molar-refractivity contribution in [1.82, 2.24) is 14.7 Å². The summed E-state index contributed by atoms with van der Waals surface area (Å²) < 4.78 is 42.5. The summed E-state index contributed by atoms with van der Waals surface area (Å²) in [5, 5.41) is -0.588. The predicted octanol–water partition coefficient (Wildman–Crippen LogP) is 6.99. The molecule has 0 spiro atoms. The molecule has 9 heteroatoms. The third-order valence-corrected chi connectivity index (χ3v) is 13.3. The number of para-hydroxylation sites is 1. The Balaban J connectivity index is 1.41. The molecule has 5 aromatic carbocycles. The molecule has 4 aliphatic heterocycles. The highest BCUT2D eigenvalue weighted by molar-refractivity contribution is 7.69. The molecule has 4 aliphatic rings. The van der Waals surface area contributed by atoms with Crippen molar-refractivity contribution in [1.29, 1.82) is 0 Å². The van der Waals surface area contributed by atoms with Crippen molar-refractivity contribution in [3.05, 3.63) is 137 Å². The Bertz CT molecular complexity index is 2010. The van der Waals surface area contributed by atoms with Gasteiger partial charge in [0, 0.05) is 41.9 Å². The first-order valence-corrected chi connectivity index (χ1v) is 18.3. The zero-order valence-corrected chi connectivity index (χ0v) is 28.8. The van der Waals surface area contributed by atoms with E-state index in [9.17, 15) is 0 Å². The molecule has 4 heterocycles. The van der Waals surface area contributed by atoms with E-state index in [0.717, 1.165) is 61.8 Å². The van der Waals surface area contributed by atoms with Gasteiger partial charge in [0.25, 0.3) is 7.37 Å². The first-order valence-electron chi connectivity index (χ1n) is 16.7. The molecule has 9 rings (SSSR count). The molecule has 0 aromatic heterocycles. The second kappa shape index (κ2) is 11.5. The molecule has 0 radical (unpaired) electrons. The molecule has 0 N–H and O–H groups in total. The summed E-state index contributed by atoms with van der Waals surface area (Å²) >= 11 is 0. The van der Waals surface area contributed by atoms with Crippen molar-refractivity contribution in [3.63, 3.8) is 0 Å². The standard InChI is InChI=1S/C40H38N3O5P/c1-41-21-27-18-30(12-15-35(27)45-24-41)40(31-13-16-36-28(19-31)22-42(2)25-46-36,32-14-17-37-29(20-32)23-43(3)26-47-37)49(44)39-11-7-5-9-34(39)33-8-4-6-10-38(33)48-49/h4-20H,21-26H2,1-3H3. The SMILES string of the molecule is CN1COc2ccc(C(c3ccc4c(c3)CN(C)CO4)(c3ccc4c(c3)CN(C)CO4)P3(=O)Oc4ccccc4-c4ccccc43)cc2C1. The molecule has 0 saturated carbocycles. The molecule has 0 saturated heterocycles. The number of fused-ring (bicyclic) bond motifs is 6. The largest absolute Gasteiger partial charge is 0.478 e. The number of ether oxygens (including phenoxy) is 3. The average Bonchev–Trinajstić information content (AvgIpc) is 3.11. The zero-order valence-electron chi connectivity index (χ0n) is 27.9. The normalized spacial score (nSPS) is 20.2. The lowest BCUT2D eigenvalue weighted by Crippen LogP contribution is -2.39. The lowest BCUT2D eigenvalue weighted by Gasteiger charge is -2.45. The minimum Gasteiger partial charge on any atom is -0.478 e. The number of hydrogen-bond donors (Lipinski definition) is 0. The average molecular weight is 672 g/mol. The van der Waals surface area contributed by atoms with E-state index >= 15 is 4.57 Å². The summed E-state index contributed by atoms with van der Waals surface area (Å²) in [5.74, 6) is 3.12. The Hall–Kier alpha value is -4.59. The van der Waals surface area contributed by atoms with Gasteiger partial charge in [0.2, 0.25) is 0 Å². The van der Waals surface area contributed by atoms with Crippen LogP contribution in [0.15, 0.2) is 103 Å². The fraction of sp³-hybridized carbons (Fsp3) is 0.250. The second-order valence-corrected chi connectivity index (χ2v) is 16.1. The van der Waals surface area contributed by atoms with E-state index in [2.05, 4.69) is 57.2 Å². The van der Waals surface area contributed by atoms with E-state index < -0.39 is 12.5 Å². The van der Waals surface area contributed by atoms with Crippen molar-refractivity contribution in [2.24, 2.45) is 0 Å². The van der Waals surface area contributed by atoms with Crippen molar-refractivity contribution in [2.75, 3.05) is 41.3 Å². The van der Waals surface area contributed by atoms with Gasteiger partial charge in [-0.25, -0.2) is 0 Å². The van der Waals surface area contributed by atoms with E-state index in [1.165, 1.54) is 0 Å². The predicted molar refractivity (Wildman–Crippen MR) is 190 cm³/mol. The van der Waals surface area contributed by atoms with Crippen LogP contribution in [0.5, 0.6) is 23.0 Å². The molecule has 0 fully saturated rings. The minimum absolute atomic E-state index is 0.514. The van der Waals surface area contributed by atoms with E-state index in [1.54, 1.807) is 0 Å². The fourth-order valence-electron chi connectivity index (χ4n) is 7.93. The highest BCUT2D eigenvalue weighted by atomic mass is 31.2. The molecule has 5 aromatic rings. The van der Waals surface area contributed by atoms with Crippen LogP contribution in [0.3, 0.4) is 0 Å². The molecule has 0 amide bonds. The number of hydrogen-bond acceptors (Lipinski definition) is 8. The molecule has 1 atom stereocenters. The third-order valence-electron chi connectivity index (χ3n) is 10.1. The van der Waals surface area contributed by atoms with Gasteiger partial charge in [0.1, 0.15) is 48.3 Å².